The van der Waals surface area contributed by atoms with Crippen LogP contribution in [0.5, 0.6) is 0 Å². The van der Waals surface area contributed by atoms with Gasteiger partial charge in [0.2, 0.25) is 0 Å². The summed E-state index contributed by atoms with van der Waals surface area (Å²) in [4.78, 5) is 11.3. The van der Waals surface area contributed by atoms with Crippen LogP contribution in [0.15, 0.2) is 35.5 Å². The zero-order valence-electron chi connectivity index (χ0n) is 14.2. The van der Waals surface area contributed by atoms with Crippen molar-refractivity contribution in [2.75, 3.05) is 0 Å². The molecule has 1 fully saturated rings. The summed E-state index contributed by atoms with van der Waals surface area (Å²) in [7, 11) is 0. The number of carbonyl (C=O) groups is 1. The Labute approximate surface area is 135 Å². The molecule has 5 atom stereocenters. The lowest BCUT2D eigenvalue weighted by molar-refractivity contribution is -0.106. The molecule has 0 amide bonds. The minimum atomic E-state index is -0.423. The third-order valence-electron chi connectivity index (χ3n) is 5.58. The molecule has 0 radical (unpaired) electrons. The number of fused-ring (bicyclic) bond motifs is 2. The molecule has 1 N–H and O–H groups in total. The fourth-order valence-electron chi connectivity index (χ4n) is 4.05. The maximum Gasteiger partial charge on any atom is 0.146 e. The summed E-state index contributed by atoms with van der Waals surface area (Å²) in [6.07, 6.45) is 9.80. The molecule has 0 spiro atoms. The summed E-state index contributed by atoms with van der Waals surface area (Å²) >= 11 is 0. The molecule has 2 rings (SSSR count). The molecule has 0 aromatic heterocycles. The van der Waals surface area contributed by atoms with Crippen LogP contribution in [-0.4, -0.2) is 17.5 Å². The minimum absolute atomic E-state index is 0.00593. The number of aldehydes is 1. The average molecular weight is 302 g/mol. The molecule has 2 aliphatic rings. The Morgan fingerprint density at radius 1 is 1.45 bits per heavy atom. The van der Waals surface area contributed by atoms with Gasteiger partial charge >= 0.3 is 0 Å². The fraction of sp³-hybridized carbons (Fsp3) is 0.650. The van der Waals surface area contributed by atoms with E-state index in [9.17, 15) is 9.90 Å². The van der Waals surface area contributed by atoms with Crippen LogP contribution in [0.1, 0.15) is 52.9 Å². The van der Waals surface area contributed by atoms with E-state index >= 15 is 0 Å². The van der Waals surface area contributed by atoms with E-state index in [0.717, 1.165) is 44.0 Å². The summed E-state index contributed by atoms with van der Waals surface area (Å²) in [5.41, 5.74) is 3.35. The topological polar surface area (TPSA) is 37.3 Å². The second kappa shape index (κ2) is 7.41. The molecule has 0 aromatic carbocycles. The Hall–Kier alpha value is -1.15. The smallest absolute Gasteiger partial charge is 0.146 e. The van der Waals surface area contributed by atoms with Crippen molar-refractivity contribution in [3.8, 4) is 0 Å². The standard InChI is InChI=1S/C20H30O2/c1-13(2)6-5-7-14(3)17-10-15(4)18-9-8-16(12-21)19(11-17)20(18)22/h6,8,12,14,17-20,22H,4-5,7,9-11H2,1-3H3/t14-,17-,18-,19-,20+/m1/s1. The molecule has 2 bridgehead atoms. The predicted octanol–water partition coefficient (Wildman–Crippen LogP) is 4.46. The second-order valence-corrected chi connectivity index (χ2v) is 7.46. The molecule has 2 heteroatoms. The van der Waals surface area contributed by atoms with Crippen LogP contribution in [0.25, 0.3) is 0 Å². The number of allylic oxidation sites excluding steroid dienone is 3. The maximum atomic E-state index is 11.3. The highest BCUT2D eigenvalue weighted by atomic mass is 16.3. The van der Waals surface area contributed by atoms with Gasteiger partial charge < -0.3 is 5.11 Å². The summed E-state index contributed by atoms with van der Waals surface area (Å²) in [5, 5.41) is 10.6. The van der Waals surface area contributed by atoms with Crippen molar-refractivity contribution in [2.24, 2.45) is 23.7 Å². The van der Waals surface area contributed by atoms with Gasteiger partial charge in [-0.15, -0.1) is 0 Å². The van der Waals surface area contributed by atoms with Gasteiger partial charge in [0.1, 0.15) is 6.29 Å². The lowest BCUT2D eigenvalue weighted by Gasteiger charge is -2.32. The molecule has 0 heterocycles. The fourth-order valence-corrected chi connectivity index (χ4v) is 4.05. The highest BCUT2D eigenvalue weighted by Gasteiger charge is 2.40. The second-order valence-electron chi connectivity index (χ2n) is 7.46. The van der Waals surface area contributed by atoms with E-state index in [4.69, 9.17) is 0 Å². The summed E-state index contributed by atoms with van der Waals surface area (Å²) in [6, 6.07) is 0. The quantitative estimate of drug-likeness (QED) is 0.601. The predicted molar refractivity (Wildman–Crippen MR) is 91.4 cm³/mol. The summed E-state index contributed by atoms with van der Waals surface area (Å²) in [5.74, 6) is 1.26. The highest BCUT2D eigenvalue weighted by molar-refractivity contribution is 5.74. The molecular weight excluding hydrogens is 272 g/mol. The van der Waals surface area contributed by atoms with Gasteiger partial charge in [-0.3, -0.25) is 4.79 Å². The van der Waals surface area contributed by atoms with Crippen LogP contribution in [0, 0.1) is 23.7 Å². The van der Waals surface area contributed by atoms with E-state index in [2.05, 4.69) is 33.4 Å². The van der Waals surface area contributed by atoms with Crippen molar-refractivity contribution in [1.82, 2.24) is 0 Å². The van der Waals surface area contributed by atoms with Crippen LogP contribution >= 0.6 is 0 Å². The minimum Gasteiger partial charge on any atom is -0.392 e. The van der Waals surface area contributed by atoms with Gasteiger partial charge in [0, 0.05) is 11.8 Å². The van der Waals surface area contributed by atoms with E-state index in [-0.39, 0.29) is 11.8 Å². The van der Waals surface area contributed by atoms with Crippen molar-refractivity contribution in [3.05, 3.63) is 35.5 Å². The molecule has 22 heavy (non-hydrogen) atoms. The Bertz CT molecular complexity index is 482. The van der Waals surface area contributed by atoms with Gasteiger partial charge in [0.05, 0.1) is 6.10 Å². The first-order valence-corrected chi connectivity index (χ1v) is 8.58. The van der Waals surface area contributed by atoms with Crippen molar-refractivity contribution in [3.63, 3.8) is 0 Å². The molecule has 0 unspecified atom stereocenters. The van der Waals surface area contributed by atoms with E-state index in [1.165, 1.54) is 11.1 Å². The van der Waals surface area contributed by atoms with Crippen LogP contribution in [0.2, 0.25) is 0 Å². The number of hydrogen-bond acceptors (Lipinski definition) is 2. The van der Waals surface area contributed by atoms with Gasteiger partial charge in [-0.25, -0.2) is 0 Å². The number of hydrogen-bond donors (Lipinski definition) is 1. The molecule has 122 valence electrons. The lowest BCUT2D eigenvalue weighted by atomic mass is 9.75. The van der Waals surface area contributed by atoms with Crippen molar-refractivity contribution in [2.45, 2.75) is 59.0 Å². The molecule has 2 nitrogen and oxygen atoms in total. The first-order chi connectivity index (χ1) is 10.4. The third kappa shape index (κ3) is 3.78. The maximum absolute atomic E-state index is 11.3. The highest BCUT2D eigenvalue weighted by Crippen LogP contribution is 2.45. The largest absolute Gasteiger partial charge is 0.392 e. The molecule has 0 saturated heterocycles. The lowest BCUT2D eigenvalue weighted by Crippen LogP contribution is -2.33. The summed E-state index contributed by atoms with van der Waals surface area (Å²) < 4.78 is 0. The van der Waals surface area contributed by atoms with Crippen LogP contribution < -0.4 is 0 Å². The van der Waals surface area contributed by atoms with Crippen molar-refractivity contribution >= 4 is 6.29 Å². The molecular formula is C20H30O2. The first-order valence-electron chi connectivity index (χ1n) is 8.58. The van der Waals surface area contributed by atoms with Crippen LogP contribution in [-0.2, 0) is 4.79 Å². The van der Waals surface area contributed by atoms with Gasteiger partial charge in [0.25, 0.3) is 0 Å². The zero-order chi connectivity index (χ0) is 16.3. The monoisotopic (exact) mass is 302 g/mol. The molecule has 0 aromatic rings. The number of aliphatic hydroxyl groups excluding tert-OH is 1. The van der Waals surface area contributed by atoms with Crippen LogP contribution in [0.3, 0.4) is 0 Å². The van der Waals surface area contributed by atoms with Gasteiger partial charge in [-0.05, 0) is 63.4 Å². The normalized spacial score (nSPS) is 32.7. The number of carbonyl (C=O) groups excluding carboxylic acids is 1. The van der Waals surface area contributed by atoms with Gasteiger partial charge in [0.15, 0.2) is 0 Å². The molecule has 1 saturated carbocycles. The Morgan fingerprint density at radius 2 is 2.18 bits per heavy atom. The summed E-state index contributed by atoms with van der Waals surface area (Å²) in [6.45, 7) is 10.8. The van der Waals surface area contributed by atoms with Gasteiger partial charge in [-0.1, -0.05) is 36.8 Å². The first kappa shape index (κ1) is 17.2. The van der Waals surface area contributed by atoms with Gasteiger partial charge in [-0.2, -0.15) is 0 Å². The zero-order valence-corrected chi connectivity index (χ0v) is 14.2. The van der Waals surface area contributed by atoms with E-state index in [0.29, 0.717) is 11.8 Å². The van der Waals surface area contributed by atoms with E-state index in [1.807, 2.05) is 6.08 Å². The number of aliphatic hydroxyl groups is 1. The van der Waals surface area contributed by atoms with E-state index < -0.39 is 6.10 Å². The molecule has 2 aliphatic carbocycles. The SMILES string of the molecule is C=C1C[C@@H]([C@H](C)CCC=C(C)C)C[C@@H]2C(C=O)=CC[C@H]1[C@@H]2O. The Morgan fingerprint density at radius 3 is 2.82 bits per heavy atom. The third-order valence-corrected chi connectivity index (χ3v) is 5.58. The average Bonchev–Trinajstić information content (AvgIpc) is 2.54. The molecule has 0 aliphatic heterocycles. The van der Waals surface area contributed by atoms with Crippen molar-refractivity contribution < 1.29 is 9.90 Å². The Balaban J connectivity index is 2.11. The van der Waals surface area contributed by atoms with E-state index in [1.54, 1.807) is 0 Å². The van der Waals surface area contributed by atoms with Crippen molar-refractivity contribution in [1.29, 1.82) is 0 Å². The Kier molecular flexibility index (Phi) is 5.80. The van der Waals surface area contributed by atoms with Crippen LogP contribution in [0.4, 0.5) is 0 Å². The number of rotatable bonds is 5.